The van der Waals surface area contributed by atoms with Crippen molar-refractivity contribution in [3.8, 4) is 0 Å². The first kappa shape index (κ1) is 23.8. The number of thioether (sulfide) groups is 1. The smallest absolute Gasteiger partial charge is 0.193 e. The van der Waals surface area contributed by atoms with E-state index in [1.807, 2.05) is 18.8 Å². The van der Waals surface area contributed by atoms with Crippen molar-refractivity contribution in [1.29, 1.82) is 0 Å². The molecule has 0 saturated carbocycles. The fourth-order valence-corrected chi connectivity index (χ4v) is 5.25. The summed E-state index contributed by atoms with van der Waals surface area (Å²) in [6.45, 7) is 9.36. The zero-order valence-electron chi connectivity index (χ0n) is 17.5. The minimum Gasteiger partial charge on any atom is -0.356 e. The maximum absolute atomic E-state index is 4.55. The highest BCUT2D eigenvalue weighted by atomic mass is 127. The van der Waals surface area contributed by atoms with Gasteiger partial charge in [-0.25, -0.2) is 0 Å². The van der Waals surface area contributed by atoms with Crippen LogP contribution in [0.15, 0.2) is 40.2 Å². The lowest BCUT2D eigenvalue weighted by Crippen LogP contribution is -2.41. The summed E-state index contributed by atoms with van der Waals surface area (Å²) >= 11 is 1.99. The predicted molar refractivity (Wildman–Crippen MR) is 133 cm³/mol. The first-order chi connectivity index (χ1) is 13.3. The average Bonchev–Trinajstić information content (AvgIpc) is 3.20. The van der Waals surface area contributed by atoms with E-state index in [1.165, 1.54) is 56.0 Å². The van der Waals surface area contributed by atoms with Crippen molar-refractivity contribution in [1.82, 2.24) is 15.1 Å². The van der Waals surface area contributed by atoms with Crippen molar-refractivity contribution in [2.45, 2.75) is 37.5 Å². The van der Waals surface area contributed by atoms with Crippen molar-refractivity contribution in [3.63, 3.8) is 0 Å². The van der Waals surface area contributed by atoms with E-state index in [9.17, 15) is 0 Å². The van der Waals surface area contributed by atoms with E-state index >= 15 is 0 Å². The summed E-state index contributed by atoms with van der Waals surface area (Å²) in [5.74, 6) is 3.94. The Morgan fingerprint density at radius 1 is 1.11 bits per heavy atom. The van der Waals surface area contributed by atoms with Gasteiger partial charge >= 0.3 is 0 Å². The monoisotopic (exact) mass is 516 g/mol. The molecule has 1 atom stereocenters. The van der Waals surface area contributed by atoms with Crippen LogP contribution in [-0.2, 0) is 0 Å². The number of piperidine rings is 1. The molecule has 2 heterocycles. The minimum absolute atomic E-state index is 0. The Morgan fingerprint density at radius 2 is 1.82 bits per heavy atom. The number of nitrogens with zero attached hydrogens (tertiary/aromatic N) is 3. The molecular weight excluding hydrogens is 479 g/mol. The summed E-state index contributed by atoms with van der Waals surface area (Å²) in [5.41, 5.74) is 0. The van der Waals surface area contributed by atoms with Gasteiger partial charge in [-0.15, -0.1) is 35.7 Å². The SMILES string of the molecule is CCN1CCC(CCNC(=NC)N2CCC(CSc3ccccc3)C2)CC1.I. The summed E-state index contributed by atoms with van der Waals surface area (Å²) in [5, 5.41) is 3.63. The van der Waals surface area contributed by atoms with Crippen molar-refractivity contribution in [3.05, 3.63) is 30.3 Å². The molecule has 2 aliphatic heterocycles. The van der Waals surface area contributed by atoms with Gasteiger partial charge in [0.25, 0.3) is 0 Å². The minimum atomic E-state index is 0. The van der Waals surface area contributed by atoms with Gasteiger partial charge in [-0.05, 0) is 69.3 Å². The zero-order valence-corrected chi connectivity index (χ0v) is 20.6. The Hall–Kier alpha value is -0.470. The number of rotatable bonds is 7. The van der Waals surface area contributed by atoms with Crippen molar-refractivity contribution in [2.75, 3.05) is 52.1 Å². The van der Waals surface area contributed by atoms with Crippen LogP contribution in [0.4, 0.5) is 0 Å². The first-order valence-corrected chi connectivity index (χ1v) is 11.6. The zero-order chi connectivity index (χ0) is 18.9. The summed E-state index contributed by atoms with van der Waals surface area (Å²) < 4.78 is 0. The molecule has 1 aromatic carbocycles. The van der Waals surface area contributed by atoms with Crippen LogP contribution in [0.25, 0.3) is 0 Å². The van der Waals surface area contributed by atoms with Gasteiger partial charge in [0.2, 0.25) is 0 Å². The molecule has 0 radical (unpaired) electrons. The third-order valence-corrected chi connectivity index (χ3v) is 7.26. The Kier molecular flexibility index (Phi) is 11.0. The van der Waals surface area contributed by atoms with Gasteiger partial charge in [0.15, 0.2) is 5.96 Å². The number of likely N-dealkylation sites (tertiary alicyclic amines) is 2. The molecule has 1 unspecified atom stereocenters. The number of halogens is 1. The van der Waals surface area contributed by atoms with Crippen molar-refractivity contribution >= 4 is 41.7 Å². The highest BCUT2D eigenvalue weighted by Crippen LogP contribution is 2.26. The summed E-state index contributed by atoms with van der Waals surface area (Å²) in [4.78, 5) is 11.0. The molecule has 1 N–H and O–H groups in total. The van der Waals surface area contributed by atoms with Gasteiger partial charge in [0.1, 0.15) is 0 Å². The fraction of sp³-hybridized carbons (Fsp3) is 0.682. The molecule has 158 valence electrons. The molecule has 1 aromatic rings. The lowest BCUT2D eigenvalue weighted by atomic mass is 9.93. The number of nitrogens with one attached hydrogen (secondary N) is 1. The van der Waals surface area contributed by atoms with E-state index in [2.05, 4.69) is 57.4 Å². The average molecular weight is 517 g/mol. The van der Waals surface area contributed by atoms with E-state index in [4.69, 9.17) is 0 Å². The molecule has 0 amide bonds. The highest BCUT2D eigenvalue weighted by Gasteiger charge is 2.25. The third kappa shape index (κ3) is 7.41. The standard InChI is InChI=1S/C22H36N4S.HI/c1-3-25-14-10-19(11-15-25)9-13-24-22(23-2)26-16-12-20(17-26)18-27-21-7-5-4-6-8-21;/h4-8,19-20H,3,9-18H2,1-2H3,(H,23,24);1H. The molecule has 0 spiro atoms. The first-order valence-electron chi connectivity index (χ1n) is 10.6. The lowest BCUT2D eigenvalue weighted by molar-refractivity contribution is 0.187. The van der Waals surface area contributed by atoms with Crippen molar-refractivity contribution < 1.29 is 0 Å². The van der Waals surface area contributed by atoms with Crippen LogP contribution in [0.1, 0.15) is 32.6 Å². The van der Waals surface area contributed by atoms with Crippen LogP contribution in [0, 0.1) is 11.8 Å². The van der Waals surface area contributed by atoms with Crippen LogP contribution in [0.5, 0.6) is 0 Å². The molecule has 0 aromatic heterocycles. The lowest BCUT2D eigenvalue weighted by Gasteiger charge is -2.31. The number of guanidine groups is 1. The van der Waals surface area contributed by atoms with E-state index in [-0.39, 0.29) is 24.0 Å². The number of benzene rings is 1. The van der Waals surface area contributed by atoms with Gasteiger partial charge in [0, 0.05) is 37.3 Å². The largest absolute Gasteiger partial charge is 0.356 e. The second-order valence-corrected chi connectivity index (χ2v) is 8.96. The van der Waals surface area contributed by atoms with E-state index in [0.29, 0.717) is 0 Å². The molecule has 28 heavy (non-hydrogen) atoms. The fourth-order valence-electron chi connectivity index (χ4n) is 4.20. The van der Waals surface area contributed by atoms with Gasteiger partial charge in [-0.3, -0.25) is 4.99 Å². The van der Waals surface area contributed by atoms with Gasteiger partial charge in [-0.1, -0.05) is 25.1 Å². The van der Waals surface area contributed by atoms with Gasteiger partial charge in [0.05, 0.1) is 0 Å². The van der Waals surface area contributed by atoms with Crippen LogP contribution < -0.4 is 5.32 Å². The molecule has 2 aliphatic rings. The number of hydrogen-bond donors (Lipinski definition) is 1. The molecule has 0 bridgehead atoms. The molecule has 2 fully saturated rings. The number of hydrogen-bond acceptors (Lipinski definition) is 3. The predicted octanol–water partition coefficient (Wildman–Crippen LogP) is 4.42. The topological polar surface area (TPSA) is 30.9 Å². The molecular formula is C22H37IN4S. The Balaban J connectivity index is 0.00000280. The van der Waals surface area contributed by atoms with Crippen LogP contribution in [-0.4, -0.2) is 67.8 Å². The second-order valence-electron chi connectivity index (χ2n) is 7.87. The van der Waals surface area contributed by atoms with Crippen LogP contribution >= 0.6 is 35.7 Å². The molecule has 0 aliphatic carbocycles. The highest BCUT2D eigenvalue weighted by molar-refractivity contribution is 14.0. The maximum atomic E-state index is 4.55. The van der Waals surface area contributed by atoms with E-state index in [0.717, 1.165) is 37.4 Å². The quantitative estimate of drug-likeness (QED) is 0.252. The van der Waals surface area contributed by atoms with E-state index < -0.39 is 0 Å². The Bertz CT molecular complexity index is 575. The molecule has 4 nitrogen and oxygen atoms in total. The third-order valence-electron chi connectivity index (χ3n) is 6.02. The van der Waals surface area contributed by atoms with Gasteiger partial charge in [-0.2, -0.15) is 0 Å². The van der Waals surface area contributed by atoms with Crippen LogP contribution in [0.3, 0.4) is 0 Å². The Morgan fingerprint density at radius 3 is 2.50 bits per heavy atom. The normalized spacial score (nSPS) is 21.6. The molecule has 6 heteroatoms. The Labute approximate surface area is 192 Å². The van der Waals surface area contributed by atoms with E-state index in [1.54, 1.807) is 0 Å². The summed E-state index contributed by atoms with van der Waals surface area (Å²) in [6.07, 6.45) is 5.26. The molecule has 3 rings (SSSR count). The summed E-state index contributed by atoms with van der Waals surface area (Å²) in [7, 11) is 1.92. The molecule has 2 saturated heterocycles. The van der Waals surface area contributed by atoms with Crippen molar-refractivity contribution in [2.24, 2.45) is 16.8 Å². The summed E-state index contributed by atoms with van der Waals surface area (Å²) in [6, 6.07) is 10.8. The second kappa shape index (κ2) is 13.0. The number of aliphatic imine (C=N–C) groups is 1. The van der Waals surface area contributed by atoms with Crippen LogP contribution in [0.2, 0.25) is 0 Å². The maximum Gasteiger partial charge on any atom is 0.193 e. The van der Waals surface area contributed by atoms with Gasteiger partial charge < -0.3 is 15.1 Å².